The summed E-state index contributed by atoms with van der Waals surface area (Å²) in [5, 5.41) is 8.34. The van der Waals surface area contributed by atoms with Crippen LogP contribution in [0.1, 0.15) is 28.6 Å². The maximum atomic E-state index is 13.2. The van der Waals surface area contributed by atoms with E-state index in [-0.39, 0.29) is 5.91 Å². The number of para-hydroxylation sites is 1. The van der Waals surface area contributed by atoms with Gasteiger partial charge in [-0.1, -0.05) is 30.3 Å². The van der Waals surface area contributed by atoms with Crippen LogP contribution in [0.4, 0.5) is 0 Å². The van der Waals surface area contributed by atoms with E-state index in [4.69, 9.17) is 17.0 Å². The van der Waals surface area contributed by atoms with E-state index in [1.54, 1.807) is 12.0 Å². The van der Waals surface area contributed by atoms with E-state index in [1.807, 2.05) is 73.1 Å². The zero-order valence-corrected chi connectivity index (χ0v) is 18.1. The lowest BCUT2D eigenvalue weighted by atomic mass is 10.0. The lowest BCUT2D eigenvalue weighted by Crippen LogP contribution is -2.32. The smallest absolute Gasteiger partial charge is 0.256 e. The van der Waals surface area contributed by atoms with Gasteiger partial charge in [0.05, 0.1) is 18.5 Å². The van der Waals surface area contributed by atoms with E-state index >= 15 is 0 Å². The third kappa shape index (κ3) is 3.68. The van der Waals surface area contributed by atoms with Gasteiger partial charge in [-0.25, -0.2) is 4.68 Å². The predicted molar refractivity (Wildman–Crippen MR) is 120 cm³/mol. The zero-order chi connectivity index (χ0) is 21.3. The molecule has 1 atom stereocenters. The van der Waals surface area contributed by atoms with Crippen LogP contribution in [-0.4, -0.2) is 39.4 Å². The molecule has 2 heterocycles. The first-order valence-electron chi connectivity index (χ1n) is 9.86. The van der Waals surface area contributed by atoms with Gasteiger partial charge in [-0.2, -0.15) is 5.10 Å². The number of carbonyl (C=O) groups is 1. The lowest BCUT2D eigenvalue weighted by Gasteiger charge is -2.15. The van der Waals surface area contributed by atoms with Crippen LogP contribution in [0.15, 0.2) is 54.6 Å². The fourth-order valence-corrected chi connectivity index (χ4v) is 4.15. The molecule has 0 aliphatic carbocycles. The van der Waals surface area contributed by atoms with Crippen molar-refractivity contribution < 1.29 is 9.53 Å². The fourth-order valence-electron chi connectivity index (χ4n) is 3.85. The number of rotatable bonds is 6. The van der Waals surface area contributed by atoms with Crippen molar-refractivity contribution in [2.75, 3.05) is 13.7 Å². The van der Waals surface area contributed by atoms with Gasteiger partial charge < -0.3 is 10.1 Å². The first-order chi connectivity index (χ1) is 14.5. The third-order valence-electron chi connectivity index (χ3n) is 5.45. The zero-order valence-electron chi connectivity index (χ0n) is 17.3. The predicted octanol–water partition coefficient (Wildman–Crippen LogP) is 3.50. The van der Waals surface area contributed by atoms with Crippen LogP contribution < -0.4 is 10.1 Å². The second-order valence-corrected chi connectivity index (χ2v) is 7.69. The molecular formula is C23H24N4O2S. The second kappa shape index (κ2) is 8.28. The Hall–Kier alpha value is -3.19. The van der Waals surface area contributed by atoms with E-state index in [0.29, 0.717) is 18.1 Å². The lowest BCUT2D eigenvalue weighted by molar-refractivity contribution is -0.127. The number of aromatic nitrogens is 2. The standard InChI is InChI=1S/C23H24N4O2S/c1-15-20(16(2)27(25-15)18-7-5-4-6-8-18)21-22(28)26(23(30)24-21)14-13-17-9-11-19(29-3)12-10-17/h4-12,21H,13-14H2,1-3H3,(H,24,30)/t21-/m0/s1. The molecule has 3 aromatic rings. The Morgan fingerprint density at radius 3 is 2.47 bits per heavy atom. The van der Waals surface area contributed by atoms with Gasteiger partial charge in [-0.3, -0.25) is 9.69 Å². The number of benzene rings is 2. The number of nitrogens with one attached hydrogen (secondary N) is 1. The number of hydrogen-bond acceptors (Lipinski definition) is 4. The summed E-state index contributed by atoms with van der Waals surface area (Å²) in [5.74, 6) is 0.780. The van der Waals surface area contributed by atoms with Gasteiger partial charge in [0.25, 0.3) is 5.91 Å². The first kappa shape index (κ1) is 20.1. The molecule has 1 N–H and O–H groups in total. The van der Waals surface area contributed by atoms with Crippen molar-refractivity contribution in [2.24, 2.45) is 0 Å². The highest BCUT2D eigenvalue weighted by Gasteiger charge is 2.39. The summed E-state index contributed by atoms with van der Waals surface area (Å²) >= 11 is 5.48. The van der Waals surface area contributed by atoms with Crippen LogP contribution in [0, 0.1) is 13.8 Å². The Morgan fingerprint density at radius 2 is 1.80 bits per heavy atom. The molecule has 30 heavy (non-hydrogen) atoms. The molecule has 1 aliphatic rings. The molecule has 0 unspecified atom stereocenters. The number of ether oxygens (including phenoxy) is 1. The van der Waals surface area contributed by atoms with Crippen LogP contribution >= 0.6 is 12.2 Å². The molecule has 1 aliphatic heterocycles. The van der Waals surface area contributed by atoms with E-state index in [9.17, 15) is 4.79 Å². The molecule has 1 aromatic heterocycles. The molecule has 2 aromatic carbocycles. The van der Waals surface area contributed by atoms with Crippen molar-refractivity contribution in [1.82, 2.24) is 20.0 Å². The van der Waals surface area contributed by atoms with Crippen LogP contribution in [0.5, 0.6) is 5.75 Å². The largest absolute Gasteiger partial charge is 0.497 e. The van der Waals surface area contributed by atoms with Crippen LogP contribution in [0.3, 0.4) is 0 Å². The van der Waals surface area contributed by atoms with Gasteiger partial charge in [0.15, 0.2) is 5.11 Å². The molecule has 1 fully saturated rings. The molecule has 0 bridgehead atoms. The quantitative estimate of drug-likeness (QED) is 0.619. The monoisotopic (exact) mass is 420 g/mol. The number of amides is 1. The molecule has 154 valence electrons. The van der Waals surface area contributed by atoms with Crippen molar-refractivity contribution in [3.63, 3.8) is 0 Å². The summed E-state index contributed by atoms with van der Waals surface area (Å²) in [4.78, 5) is 14.9. The highest BCUT2D eigenvalue weighted by Crippen LogP contribution is 2.29. The van der Waals surface area contributed by atoms with Gasteiger partial charge in [0.1, 0.15) is 11.8 Å². The molecule has 6 nitrogen and oxygen atoms in total. The summed E-state index contributed by atoms with van der Waals surface area (Å²) in [7, 11) is 1.64. The maximum Gasteiger partial charge on any atom is 0.256 e. The van der Waals surface area contributed by atoms with E-state index in [0.717, 1.165) is 34.0 Å². The van der Waals surface area contributed by atoms with Crippen molar-refractivity contribution >= 4 is 23.2 Å². The number of thiocarbonyl (C=S) groups is 1. The van der Waals surface area contributed by atoms with Crippen molar-refractivity contribution in [2.45, 2.75) is 26.3 Å². The molecule has 0 radical (unpaired) electrons. The summed E-state index contributed by atoms with van der Waals surface area (Å²) in [6.45, 7) is 4.44. The van der Waals surface area contributed by atoms with Crippen molar-refractivity contribution in [3.8, 4) is 11.4 Å². The minimum Gasteiger partial charge on any atom is -0.497 e. The Balaban J connectivity index is 1.53. The minimum atomic E-state index is -0.508. The topological polar surface area (TPSA) is 59.4 Å². The fraction of sp³-hybridized carbons (Fsp3) is 0.261. The highest BCUT2D eigenvalue weighted by molar-refractivity contribution is 7.80. The molecule has 0 spiro atoms. The van der Waals surface area contributed by atoms with Gasteiger partial charge in [-0.05, 0) is 62.3 Å². The highest BCUT2D eigenvalue weighted by atomic mass is 32.1. The first-order valence-corrected chi connectivity index (χ1v) is 10.3. The van der Waals surface area contributed by atoms with Gasteiger partial charge in [0, 0.05) is 17.8 Å². The molecule has 0 saturated carbocycles. The Morgan fingerprint density at radius 1 is 1.10 bits per heavy atom. The number of carbonyl (C=O) groups excluding carboxylic acids is 1. The maximum absolute atomic E-state index is 13.2. The Bertz CT molecular complexity index is 1080. The molecule has 1 saturated heterocycles. The average molecular weight is 421 g/mol. The van der Waals surface area contributed by atoms with Crippen molar-refractivity contribution in [3.05, 3.63) is 77.1 Å². The summed E-state index contributed by atoms with van der Waals surface area (Å²) in [6, 6.07) is 17.3. The van der Waals surface area contributed by atoms with Crippen LogP contribution in [0.2, 0.25) is 0 Å². The number of hydrogen-bond donors (Lipinski definition) is 1. The Kier molecular flexibility index (Phi) is 5.55. The molecular weight excluding hydrogens is 396 g/mol. The summed E-state index contributed by atoms with van der Waals surface area (Å²) in [5.41, 5.74) is 4.73. The minimum absolute atomic E-state index is 0.0349. The summed E-state index contributed by atoms with van der Waals surface area (Å²) in [6.07, 6.45) is 0.714. The average Bonchev–Trinajstić information content (AvgIpc) is 3.21. The number of nitrogens with zero attached hydrogens (tertiary/aromatic N) is 3. The molecule has 7 heteroatoms. The van der Waals surface area contributed by atoms with Gasteiger partial charge >= 0.3 is 0 Å². The van der Waals surface area contributed by atoms with Crippen molar-refractivity contribution in [1.29, 1.82) is 0 Å². The van der Waals surface area contributed by atoms with Gasteiger partial charge in [-0.15, -0.1) is 0 Å². The van der Waals surface area contributed by atoms with Gasteiger partial charge in [0.2, 0.25) is 0 Å². The van der Waals surface area contributed by atoms with E-state index < -0.39 is 6.04 Å². The number of aryl methyl sites for hydroxylation is 1. The van der Waals surface area contributed by atoms with Crippen LogP contribution in [0.25, 0.3) is 5.69 Å². The number of methoxy groups -OCH3 is 1. The summed E-state index contributed by atoms with van der Waals surface area (Å²) < 4.78 is 7.08. The second-order valence-electron chi connectivity index (χ2n) is 7.30. The normalized spacial score (nSPS) is 16.1. The SMILES string of the molecule is COc1ccc(CCN2C(=O)[C@H](c3c(C)nn(-c4ccccc4)c3C)NC2=S)cc1. The third-order valence-corrected chi connectivity index (χ3v) is 5.78. The van der Waals surface area contributed by atoms with Crippen LogP contribution in [-0.2, 0) is 11.2 Å². The molecule has 1 amide bonds. The van der Waals surface area contributed by atoms with E-state index in [1.165, 1.54) is 0 Å². The Labute approximate surface area is 181 Å². The molecule has 4 rings (SSSR count). The van der Waals surface area contributed by atoms with E-state index in [2.05, 4.69) is 10.4 Å².